The molecule has 0 aromatic carbocycles. The van der Waals surface area contributed by atoms with Crippen LogP contribution in [-0.4, -0.2) is 36.4 Å². The van der Waals surface area contributed by atoms with E-state index < -0.39 is 0 Å². The third kappa shape index (κ3) is 3.03. The van der Waals surface area contributed by atoms with Crippen LogP contribution in [0.1, 0.15) is 44.3 Å². The van der Waals surface area contributed by atoms with Gasteiger partial charge in [0.1, 0.15) is 0 Å². The zero-order valence-corrected chi connectivity index (χ0v) is 12.2. The Kier molecular flexibility index (Phi) is 4.34. The van der Waals surface area contributed by atoms with Gasteiger partial charge < -0.3 is 14.8 Å². The van der Waals surface area contributed by atoms with Crippen molar-refractivity contribution in [3.63, 3.8) is 0 Å². The Morgan fingerprint density at radius 3 is 3.00 bits per heavy atom. The Morgan fingerprint density at radius 1 is 1.45 bits per heavy atom. The molecule has 0 unspecified atom stereocenters. The molecule has 4 heteroatoms. The van der Waals surface area contributed by atoms with Gasteiger partial charge in [-0.05, 0) is 44.5 Å². The first-order valence-electron chi connectivity index (χ1n) is 7.71. The fraction of sp³-hybridized carbons (Fsp3) is 0.688. The van der Waals surface area contributed by atoms with E-state index in [1.807, 2.05) is 18.5 Å². The fourth-order valence-electron chi connectivity index (χ4n) is 3.47. The quantitative estimate of drug-likeness (QED) is 0.921. The Bertz CT molecular complexity index is 418. The molecule has 1 N–H and O–H groups in total. The minimum atomic E-state index is -0.0101. The van der Waals surface area contributed by atoms with E-state index in [9.17, 15) is 0 Å². The molecule has 1 aromatic rings. The highest BCUT2D eigenvalue weighted by atomic mass is 16.5. The SMILES string of the molecule is CCO[C@H]1C[C@@H](c2cccnc2)OC2(CCNCC2)C1. The first-order valence-corrected chi connectivity index (χ1v) is 7.71. The number of nitrogens with one attached hydrogen (secondary N) is 1. The van der Waals surface area contributed by atoms with Crippen molar-refractivity contribution in [2.45, 2.75) is 50.4 Å². The van der Waals surface area contributed by atoms with Crippen molar-refractivity contribution in [2.75, 3.05) is 19.7 Å². The van der Waals surface area contributed by atoms with E-state index in [0.29, 0.717) is 6.10 Å². The second-order valence-corrected chi connectivity index (χ2v) is 5.84. The van der Waals surface area contributed by atoms with Gasteiger partial charge in [0.2, 0.25) is 0 Å². The van der Waals surface area contributed by atoms with Crippen LogP contribution in [0.15, 0.2) is 24.5 Å². The molecule has 3 heterocycles. The molecule has 0 radical (unpaired) electrons. The molecule has 2 fully saturated rings. The summed E-state index contributed by atoms with van der Waals surface area (Å²) in [6, 6.07) is 4.10. The lowest BCUT2D eigenvalue weighted by molar-refractivity contribution is -0.185. The smallest absolute Gasteiger partial charge is 0.0872 e. The van der Waals surface area contributed by atoms with Gasteiger partial charge in [0, 0.05) is 31.8 Å². The fourth-order valence-corrected chi connectivity index (χ4v) is 3.47. The molecule has 2 atom stereocenters. The zero-order valence-electron chi connectivity index (χ0n) is 12.2. The maximum Gasteiger partial charge on any atom is 0.0872 e. The van der Waals surface area contributed by atoms with Crippen LogP contribution in [-0.2, 0) is 9.47 Å². The summed E-state index contributed by atoms with van der Waals surface area (Å²) in [6.07, 6.45) is 8.28. The molecule has 0 bridgehead atoms. The maximum atomic E-state index is 6.52. The highest BCUT2D eigenvalue weighted by molar-refractivity contribution is 5.14. The van der Waals surface area contributed by atoms with Crippen molar-refractivity contribution in [3.05, 3.63) is 30.1 Å². The van der Waals surface area contributed by atoms with Gasteiger partial charge in [0.05, 0.1) is 17.8 Å². The molecular formula is C16H24N2O2. The molecule has 0 amide bonds. The molecule has 1 aromatic heterocycles. The lowest BCUT2D eigenvalue weighted by Gasteiger charge is -2.46. The second-order valence-electron chi connectivity index (χ2n) is 5.84. The van der Waals surface area contributed by atoms with Crippen molar-refractivity contribution in [3.8, 4) is 0 Å². The summed E-state index contributed by atoms with van der Waals surface area (Å²) < 4.78 is 12.5. The van der Waals surface area contributed by atoms with Gasteiger partial charge in [-0.3, -0.25) is 4.98 Å². The van der Waals surface area contributed by atoms with Gasteiger partial charge in [-0.15, -0.1) is 0 Å². The van der Waals surface area contributed by atoms with E-state index in [-0.39, 0.29) is 11.7 Å². The van der Waals surface area contributed by atoms with Crippen molar-refractivity contribution in [1.29, 1.82) is 0 Å². The summed E-state index contributed by atoms with van der Waals surface area (Å²) in [7, 11) is 0. The molecular weight excluding hydrogens is 252 g/mol. The lowest BCUT2D eigenvalue weighted by Crippen LogP contribution is -2.50. The van der Waals surface area contributed by atoms with Crippen LogP contribution < -0.4 is 5.32 Å². The molecule has 0 saturated carbocycles. The van der Waals surface area contributed by atoms with Crippen LogP contribution in [0.5, 0.6) is 0 Å². The van der Waals surface area contributed by atoms with E-state index in [1.165, 1.54) is 5.56 Å². The highest BCUT2D eigenvalue weighted by Crippen LogP contribution is 2.42. The third-order valence-electron chi connectivity index (χ3n) is 4.44. The Hall–Kier alpha value is -0.970. The van der Waals surface area contributed by atoms with Gasteiger partial charge in [0.25, 0.3) is 0 Å². The summed E-state index contributed by atoms with van der Waals surface area (Å²) in [6.45, 7) is 4.93. The minimum Gasteiger partial charge on any atom is -0.378 e. The van der Waals surface area contributed by atoms with Crippen LogP contribution in [0.2, 0.25) is 0 Å². The van der Waals surface area contributed by atoms with Gasteiger partial charge in [-0.1, -0.05) is 6.07 Å². The minimum absolute atomic E-state index is 0.0101. The van der Waals surface area contributed by atoms with E-state index >= 15 is 0 Å². The predicted octanol–water partition coefficient (Wildman–Crippen LogP) is 2.46. The summed E-state index contributed by atoms with van der Waals surface area (Å²) in [5.74, 6) is 0. The molecule has 20 heavy (non-hydrogen) atoms. The van der Waals surface area contributed by atoms with Crippen LogP contribution in [0.3, 0.4) is 0 Å². The molecule has 2 aliphatic rings. The van der Waals surface area contributed by atoms with Crippen molar-refractivity contribution < 1.29 is 9.47 Å². The molecule has 110 valence electrons. The van der Waals surface area contributed by atoms with Crippen molar-refractivity contribution in [1.82, 2.24) is 10.3 Å². The molecule has 0 aliphatic carbocycles. The number of ether oxygens (including phenoxy) is 2. The average molecular weight is 276 g/mol. The third-order valence-corrected chi connectivity index (χ3v) is 4.44. The summed E-state index contributed by atoms with van der Waals surface area (Å²) in [5.41, 5.74) is 1.17. The molecule has 1 spiro atoms. The number of aromatic nitrogens is 1. The molecule has 3 rings (SSSR count). The van der Waals surface area contributed by atoms with Crippen molar-refractivity contribution in [2.24, 2.45) is 0 Å². The number of hydrogen-bond donors (Lipinski definition) is 1. The van der Waals surface area contributed by atoms with E-state index in [1.54, 1.807) is 0 Å². The zero-order chi connectivity index (χ0) is 13.8. The van der Waals surface area contributed by atoms with E-state index in [2.05, 4.69) is 23.3 Å². The van der Waals surface area contributed by atoms with Gasteiger partial charge in [-0.25, -0.2) is 0 Å². The van der Waals surface area contributed by atoms with E-state index in [4.69, 9.17) is 9.47 Å². The topological polar surface area (TPSA) is 43.4 Å². The molecule has 2 aliphatic heterocycles. The first kappa shape index (κ1) is 14.0. The number of piperidine rings is 1. The normalized spacial score (nSPS) is 29.4. The number of hydrogen-bond acceptors (Lipinski definition) is 4. The van der Waals surface area contributed by atoms with E-state index in [0.717, 1.165) is 45.4 Å². The summed E-state index contributed by atoms with van der Waals surface area (Å²) in [4.78, 5) is 4.23. The van der Waals surface area contributed by atoms with Crippen LogP contribution in [0, 0.1) is 0 Å². The van der Waals surface area contributed by atoms with Gasteiger partial charge >= 0.3 is 0 Å². The monoisotopic (exact) mass is 276 g/mol. The number of nitrogens with zero attached hydrogens (tertiary/aromatic N) is 1. The largest absolute Gasteiger partial charge is 0.378 e. The second kappa shape index (κ2) is 6.20. The Morgan fingerprint density at radius 2 is 2.30 bits per heavy atom. The maximum absolute atomic E-state index is 6.52. The average Bonchev–Trinajstić information content (AvgIpc) is 2.49. The molecule has 2 saturated heterocycles. The molecule has 4 nitrogen and oxygen atoms in total. The number of pyridine rings is 1. The van der Waals surface area contributed by atoms with Gasteiger partial charge in [0.15, 0.2) is 0 Å². The van der Waals surface area contributed by atoms with Crippen LogP contribution in [0.25, 0.3) is 0 Å². The Labute approximate surface area is 120 Å². The summed E-state index contributed by atoms with van der Waals surface area (Å²) >= 11 is 0. The van der Waals surface area contributed by atoms with Crippen LogP contribution in [0.4, 0.5) is 0 Å². The van der Waals surface area contributed by atoms with Crippen LogP contribution >= 0.6 is 0 Å². The predicted molar refractivity (Wildman–Crippen MR) is 77.5 cm³/mol. The first-order chi connectivity index (χ1) is 9.81. The van der Waals surface area contributed by atoms with Crippen molar-refractivity contribution >= 4 is 0 Å². The highest BCUT2D eigenvalue weighted by Gasteiger charge is 2.43. The number of rotatable bonds is 3. The standard InChI is InChI=1S/C16H24N2O2/c1-2-19-14-10-15(13-4-3-7-18-12-13)20-16(11-14)5-8-17-9-6-16/h3-4,7,12,14-15,17H,2,5-6,8-11H2,1H3/t14-,15-/m0/s1. The lowest BCUT2D eigenvalue weighted by atomic mass is 9.81. The van der Waals surface area contributed by atoms with Gasteiger partial charge in [-0.2, -0.15) is 0 Å². The summed E-state index contributed by atoms with van der Waals surface area (Å²) in [5, 5.41) is 3.42. The Balaban J connectivity index is 1.79.